The summed E-state index contributed by atoms with van der Waals surface area (Å²) < 4.78 is 18.4. The van der Waals surface area contributed by atoms with Crippen LogP contribution in [-0.4, -0.2) is 30.8 Å². The van der Waals surface area contributed by atoms with Crippen molar-refractivity contribution in [3.63, 3.8) is 0 Å². The number of carbonyl (C=O) groups excluding carboxylic acids is 1. The summed E-state index contributed by atoms with van der Waals surface area (Å²) in [5.41, 5.74) is 1.72. The van der Waals surface area contributed by atoms with Gasteiger partial charge in [0.15, 0.2) is 0 Å². The lowest BCUT2D eigenvalue weighted by Gasteiger charge is -2.17. The number of nitrogens with one attached hydrogen (secondary N) is 1. The first kappa shape index (κ1) is 16.6. The lowest BCUT2D eigenvalue weighted by molar-refractivity contribution is -0.121. The average molecular weight is 323 g/mol. The molecule has 2 rings (SSSR count). The van der Waals surface area contributed by atoms with Gasteiger partial charge >= 0.3 is 0 Å². The third-order valence-electron chi connectivity index (χ3n) is 3.09. The van der Waals surface area contributed by atoms with Crippen LogP contribution in [0.1, 0.15) is 17.2 Å². The van der Waals surface area contributed by atoms with E-state index < -0.39 is 0 Å². The minimum Gasteiger partial charge on any atom is -0.394 e. The van der Waals surface area contributed by atoms with E-state index in [0.29, 0.717) is 6.54 Å². The lowest BCUT2D eigenvalue weighted by atomic mass is 10.1. The molecular weight excluding hydrogens is 305 g/mol. The highest BCUT2D eigenvalue weighted by atomic mass is 32.1. The van der Waals surface area contributed by atoms with E-state index in [1.165, 1.54) is 12.1 Å². The SMILES string of the molecule is O=C(Cc1ccc(F)cc1)NC[C@H](OCCO)c1ccsc1. The van der Waals surface area contributed by atoms with Crippen molar-refractivity contribution >= 4 is 17.2 Å². The van der Waals surface area contributed by atoms with Crippen molar-refractivity contribution in [2.24, 2.45) is 0 Å². The molecule has 1 aromatic heterocycles. The molecule has 0 aliphatic rings. The summed E-state index contributed by atoms with van der Waals surface area (Å²) in [5, 5.41) is 15.6. The average Bonchev–Trinajstić information content (AvgIpc) is 3.04. The smallest absolute Gasteiger partial charge is 0.224 e. The van der Waals surface area contributed by atoms with Crippen molar-refractivity contribution in [1.82, 2.24) is 5.32 Å². The maximum atomic E-state index is 12.8. The second-order valence-corrected chi connectivity index (χ2v) is 5.53. The Morgan fingerprint density at radius 1 is 1.32 bits per heavy atom. The van der Waals surface area contributed by atoms with Crippen molar-refractivity contribution in [3.05, 3.63) is 58.0 Å². The molecule has 0 aliphatic carbocycles. The molecule has 0 unspecified atom stereocenters. The number of amides is 1. The van der Waals surface area contributed by atoms with Crippen LogP contribution in [0.15, 0.2) is 41.1 Å². The van der Waals surface area contributed by atoms with Gasteiger partial charge in [-0.2, -0.15) is 11.3 Å². The number of halogens is 1. The van der Waals surface area contributed by atoms with E-state index in [4.69, 9.17) is 9.84 Å². The van der Waals surface area contributed by atoms with Crippen molar-refractivity contribution in [2.45, 2.75) is 12.5 Å². The topological polar surface area (TPSA) is 58.6 Å². The third kappa shape index (κ3) is 5.22. The Labute approximate surface area is 132 Å². The van der Waals surface area contributed by atoms with E-state index in [2.05, 4.69) is 5.32 Å². The maximum Gasteiger partial charge on any atom is 0.224 e. The predicted octanol–water partition coefficient (Wildman–Crippen LogP) is 2.30. The quantitative estimate of drug-likeness (QED) is 0.784. The van der Waals surface area contributed by atoms with Gasteiger partial charge in [-0.15, -0.1) is 0 Å². The van der Waals surface area contributed by atoms with Gasteiger partial charge in [-0.3, -0.25) is 4.79 Å². The second kappa shape index (κ2) is 8.63. The highest BCUT2D eigenvalue weighted by Crippen LogP contribution is 2.19. The first-order chi connectivity index (χ1) is 10.7. The molecule has 2 aromatic rings. The molecule has 1 heterocycles. The zero-order chi connectivity index (χ0) is 15.8. The summed E-state index contributed by atoms with van der Waals surface area (Å²) in [4.78, 5) is 11.9. The van der Waals surface area contributed by atoms with Crippen molar-refractivity contribution in [1.29, 1.82) is 0 Å². The third-order valence-corrected chi connectivity index (χ3v) is 3.79. The van der Waals surface area contributed by atoms with E-state index in [0.717, 1.165) is 11.1 Å². The number of hydrogen-bond donors (Lipinski definition) is 2. The Morgan fingerprint density at radius 2 is 2.09 bits per heavy atom. The van der Waals surface area contributed by atoms with Crippen LogP contribution in [0.4, 0.5) is 4.39 Å². The number of carbonyl (C=O) groups is 1. The first-order valence-corrected chi connectivity index (χ1v) is 7.89. The molecule has 0 fully saturated rings. The van der Waals surface area contributed by atoms with Crippen LogP contribution in [0, 0.1) is 5.82 Å². The van der Waals surface area contributed by atoms with Gasteiger partial charge in [0.05, 0.1) is 19.6 Å². The minimum absolute atomic E-state index is 0.0653. The molecule has 4 nitrogen and oxygen atoms in total. The van der Waals surface area contributed by atoms with E-state index in [-0.39, 0.29) is 37.5 Å². The second-order valence-electron chi connectivity index (χ2n) is 4.75. The minimum atomic E-state index is -0.320. The fourth-order valence-corrected chi connectivity index (χ4v) is 2.68. The van der Waals surface area contributed by atoms with Crippen LogP contribution < -0.4 is 5.32 Å². The van der Waals surface area contributed by atoms with Gasteiger partial charge in [-0.1, -0.05) is 12.1 Å². The Bertz CT molecular complexity index is 572. The summed E-state index contributed by atoms with van der Waals surface area (Å²) in [5.74, 6) is -0.474. The molecule has 2 N–H and O–H groups in total. The maximum absolute atomic E-state index is 12.8. The molecular formula is C16H18FNO3S. The first-order valence-electron chi connectivity index (χ1n) is 6.94. The Hall–Kier alpha value is -1.76. The number of ether oxygens (including phenoxy) is 1. The van der Waals surface area contributed by atoms with Crippen LogP contribution in [-0.2, 0) is 16.0 Å². The molecule has 0 aliphatic heterocycles. The molecule has 0 bridgehead atoms. The predicted molar refractivity (Wildman–Crippen MR) is 83.2 cm³/mol. The highest BCUT2D eigenvalue weighted by molar-refractivity contribution is 7.07. The van der Waals surface area contributed by atoms with E-state index >= 15 is 0 Å². The number of thiophene rings is 1. The fourth-order valence-electron chi connectivity index (χ4n) is 1.98. The zero-order valence-corrected chi connectivity index (χ0v) is 12.8. The molecule has 0 radical (unpaired) electrons. The van der Waals surface area contributed by atoms with Crippen LogP contribution in [0.2, 0.25) is 0 Å². The number of aliphatic hydroxyl groups excluding tert-OH is 1. The fraction of sp³-hybridized carbons (Fsp3) is 0.312. The van der Waals surface area contributed by atoms with Gasteiger partial charge in [0, 0.05) is 6.54 Å². The van der Waals surface area contributed by atoms with Gasteiger partial charge in [-0.25, -0.2) is 4.39 Å². The van der Waals surface area contributed by atoms with Crippen LogP contribution >= 0.6 is 11.3 Å². The Kier molecular flexibility index (Phi) is 6.51. The normalized spacial score (nSPS) is 12.1. The van der Waals surface area contributed by atoms with E-state index in [1.807, 2.05) is 16.8 Å². The van der Waals surface area contributed by atoms with Gasteiger partial charge in [0.1, 0.15) is 11.9 Å². The van der Waals surface area contributed by atoms with E-state index in [9.17, 15) is 9.18 Å². The van der Waals surface area contributed by atoms with Crippen molar-refractivity contribution in [3.8, 4) is 0 Å². The summed E-state index contributed by atoms with van der Waals surface area (Å²) in [6, 6.07) is 7.78. The molecule has 1 amide bonds. The Balaban J connectivity index is 1.85. The molecule has 1 atom stereocenters. The van der Waals surface area contributed by atoms with Crippen LogP contribution in [0.5, 0.6) is 0 Å². The van der Waals surface area contributed by atoms with Gasteiger partial charge in [0.2, 0.25) is 5.91 Å². The summed E-state index contributed by atoms with van der Waals surface area (Å²) in [6.45, 7) is 0.481. The Morgan fingerprint density at radius 3 is 2.73 bits per heavy atom. The summed E-state index contributed by atoms with van der Waals surface area (Å²) in [6.07, 6.45) is -0.0908. The largest absolute Gasteiger partial charge is 0.394 e. The number of aliphatic hydroxyl groups is 1. The summed E-state index contributed by atoms with van der Waals surface area (Å²) >= 11 is 1.55. The highest BCUT2D eigenvalue weighted by Gasteiger charge is 2.14. The molecule has 0 saturated carbocycles. The monoisotopic (exact) mass is 323 g/mol. The standard InChI is InChI=1S/C16H18FNO3S/c17-14-3-1-12(2-4-14)9-16(20)18-10-15(21-7-6-19)13-5-8-22-11-13/h1-5,8,11,15,19H,6-7,9-10H2,(H,18,20)/t15-/m0/s1. The van der Waals surface area contributed by atoms with Crippen LogP contribution in [0.3, 0.4) is 0 Å². The zero-order valence-electron chi connectivity index (χ0n) is 12.0. The number of benzene rings is 1. The van der Waals surface area contributed by atoms with Gasteiger partial charge < -0.3 is 15.2 Å². The van der Waals surface area contributed by atoms with Crippen molar-refractivity contribution in [2.75, 3.05) is 19.8 Å². The molecule has 118 valence electrons. The molecule has 1 aromatic carbocycles. The lowest BCUT2D eigenvalue weighted by Crippen LogP contribution is -2.31. The van der Waals surface area contributed by atoms with Gasteiger partial charge in [0.25, 0.3) is 0 Å². The number of rotatable bonds is 8. The number of hydrogen-bond acceptors (Lipinski definition) is 4. The van der Waals surface area contributed by atoms with Crippen molar-refractivity contribution < 1.29 is 19.0 Å². The van der Waals surface area contributed by atoms with Crippen LogP contribution in [0.25, 0.3) is 0 Å². The van der Waals surface area contributed by atoms with Gasteiger partial charge in [-0.05, 0) is 40.1 Å². The molecule has 6 heteroatoms. The van der Waals surface area contributed by atoms with E-state index in [1.54, 1.807) is 23.5 Å². The molecule has 0 saturated heterocycles. The molecule has 0 spiro atoms. The summed E-state index contributed by atoms with van der Waals surface area (Å²) in [7, 11) is 0. The molecule has 22 heavy (non-hydrogen) atoms.